The van der Waals surface area contributed by atoms with E-state index in [1.165, 1.54) is 21.5 Å². The van der Waals surface area contributed by atoms with Gasteiger partial charge in [0.05, 0.1) is 55.2 Å². The summed E-state index contributed by atoms with van der Waals surface area (Å²) < 4.78 is 21.6. The van der Waals surface area contributed by atoms with E-state index in [-0.39, 0.29) is 7.43 Å². The van der Waals surface area contributed by atoms with Crippen molar-refractivity contribution >= 4 is 149 Å². The van der Waals surface area contributed by atoms with E-state index in [9.17, 15) is 0 Å². The largest absolute Gasteiger partial charge is 0.488 e. The van der Waals surface area contributed by atoms with Gasteiger partial charge in [-0.25, -0.2) is 29.9 Å². The highest BCUT2D eigenvalue weighted by Gasteiger charge is 2.23. The minimum atomic E-state index is -1.46. The van der Waals surface area contributed by atoms with Gasteiger partial charge in [-0.05, 0) is 156 Å². The summed E-state index contributed by atoms with van der Waals surface area (Å²) in [5.41, 5.74) is 19.7. The first-order chi connectivity index (χ1) is 46.3. The van der Waals surface area contributed by atoms with Gasteiger partial charge in [-0.1, -0.05) is 163 Å². The van der Waals surface area contributed by atoms with Crippen molar-refractivity contribution in [3.8, 4) is 45.9 Å². The van der Waals surface area contributed by atoms with Crippen molar-refractivity contribution in [3.63, 3.8) is 0 Å². The van der Waals surface area contributed by atoms with Gasteiger partial charge in [-0.15, -0.1) is 0 Å². The first-order valence-electron chi connectivity index (χ1n) is 30.7. The molecule has 0 aliphatic carbocycles. The Kier molecular flexibility index (Phi) is 13.7. The number of rotatable bonds is 6. The van der Waals surface area contributed by atoms with Gasteiger partial charge in [0, 0.05) is 47.9 Å². The number of halogens is 1. The van der Waals surface area contributed by atoms with E-state index in [2.05, 4.69) is 214 Å². The van der Waals surface area contributed by atoms with Crippen LogP contribution in [0.4, 0.5) is 0 Å². The zero-order valence-electron chi connectivity index (χ0n) is 49.7. The summed E-state index contributed by atoms with van der Waals surface area (Å²) in [6.45, 7) is 0. The summed E-state index contributed by atoms with van der Waals surface area (Å²) in [6.07, 6.45) is 0. The van der Waals surface area contributed by atoms with Crippen LogP contribution in [-0.4, -0.2) is 65.0 Å². The molecule has 12 aromatic carbocycles. The van der Waals surface area contributed by atoms with Crippen molar-refractivity contribution in [2.24, 2.45) is 0 Å². The van der Waals surface area contributed by atoms with Crippen LogP contribution in [0.2, 0.25) is 0 Å². The predicted molar refractivity (Wildman–Crippen MR) is 387 cm³/mol. The second kappa shape index (κ2) is 22.9. The van der Waals surface area contributed by atoms with Crippen LogP contribution in [0.5, 0.6) is 0 Å². The Morgan fingerprint density at radius 1 is 0.305 bits per heavy atom. The Balaban J connectivity index is 0.000000118. The fraction of sp³-hybridized carbons (Fsp3) is 0.0127. The van der Waals surface area contributed by atoms with Crippen LogP contribution in [0.15, 0.2) is 292 Å². The first-order valence-corrected chi connectivity index (χ1v) is 31.5. The van der Waals surface area contributed by atoms with Crippen LogP contribution in [0.3, 0.4) is 0 Å². The maximum atomic E-state index is 9.02. The SMILES string of the molecule is Brc1ccc2c(c1)c1ccccc1n2-c1nc2ccccc2c2nc3ccccc3n12.C.OB(O)c1ccc(-c2nc3ccccc3o2)cc1.c1ccc2oc(-c3ccc(-c4ccc5c(c4)c4ccccc4n5-c4nc5ccccc5c5nc6ccccc6n45)cc3)nc2c1. The van der Waals surface area contributed by atoms with Crippen LogP contribution in [0.25, 0.3) is 167 Å². The molecule has 14 nitrogen and oxygen atoms in total. The summed E-state index contributed by atoms with van der Waals surface area (Å²) in [5.74, 6) is 2.81. The maximum absolute atomic E-state index is 9.02. The van der Waals surface area contributed by atoms with Gasteiger partial charge in [0.1, 0.15) is 22.3 Å². The van der Waals surface area contributed by atoms with Crippen LogP contribution in [0, 0.1) is 0 Å². The molecule has 0 saturated heterocycles. The Bertz CT molecular complexity index is 6320. The minimum absolute atomic E-state index is 0. The molecule has 452 valence electrons. The molecule has 20 rings (SSSR count). The second-order valence-electron chi connectivity index (χ2n) is 23.0. The highest BCUT2D eigenvalue weighted by molar-refractivity contribution is 9.10. The van der Waals surface area contributed by atoms with E-state index in [4.69, 9.17) is 38.8 Å². The molecule has 2 N–H and O–H groups in total. The fourth-order valence-electron chi connectivity index (χ4n) is 13.1. The monoisotopic (exact) mass is 1290 g/mol. The van der Waals surface area contributed by atoms with E-state index in [1.54, 1.807) is 24.3 Å². The quantitative estimate of drug-likeness (QED) is 0.153. The molecule has 0 spiro atoms. The number of fused-ring (bicyclic) bond motifs is 18. The van der Waals surface area contributed by atoms with Gasteiger partial charge in [0.15, 0.2) is 11.2 Å². The summed E-state index contributed by atoms with van der Waals surface area (Å²) in [7, 11) is -1.46. The molecule has 0 amide bonds. The molecule has 0 unspecified atom stereocenters. The highest BCUT2D eigenvalue weighted by Crippen LogP contribution is 2.39. The van der Waals surface area contributed by atoms with Crippen molar-refractivity contribution in [1.82, 2.24) is 47.8 Å². The Morgan fingerprint density at radius 3 is 1.16 bits per heavy atom. The Hall–Kier alpha value is -12.1. The molecule has 0 bridgehead atoms. The van der Waals surface area contributed by atoms with Gasteiger partial charge in [-0.2, -0.15) is 0 Å². The van der Waals surface area contributed by atoms with E-state index in [0.717, 1.165) is 138 Å². The number of hydrogen-bond acceptors (Lipinski definition) is 10. The van der Waals surface area contributed by atoms with Gasteiger partial charge >= 0.3 is 7.12 Å². The van der Waals surface area contributed by atoms with Gasteiger partial charge in [0.25, 0.3) is 0 Å². The maximum Gasteiger partial charge on any atom is 0.488 e. The molecule has 0 fully saturated rings. The third-order valence-corrected chi connectivity index (χ3v) is 18.0. The summed E-state index contributed by atoms with van der Waals surface area (Å²) in [4.78, 5) is 29.5. The van der Waals surface area contributed by atoms with Crippen molar-refractivity contribution in [1.29, 1.82) is 0 Å². The molecule has 0 radical (unpaired) electrons. The van der Waals surface area contributed by atoms with E-state index in [0.29, 0.717) is 17.2 Å². The average Bonchev–Trinajstić information content (AvgIpc) is 1.58. The highest BCUT2D eigenvalue weighted by atomic mass is 79.9. The molecule has 8 aromatic heterocycles. The number of nitrogens with zero attached hydrogens (tertiary/aromatic N) is 10. The minimum Gasteiger partial charge on any atom is -0.436 e. The second-order valence-corrected chi connectivity index (χ2v) is 23.9. The average molecular weight is 1300 g/mol. The molecular formula is C79H52BBrN10O4. The van der Waals surface area contributed by atoms with E-state index >= 15 is 0 Å². The predicted octanol–water partition coefficient (Wildman–Crippen LogP) is 18.3. The molecular weight excluding hydrogens is 1240 g/mol. The molecule has 20 aromatic rings. The van der Waals surface area contributed by atoms with Crippen LogP contribution in [-0.2, 0) is 0 Å². The van der Waals surface area contributed by atoms with Crippen molar-refractivity contribution < 1.29 is 18.9 Å². The Labute approximate surface area is 549 Å². The van der Waals surface area contributed by atoms with Gasteiger partial charge < -0.3 is 18.9 Å². The normalized spacial score (nSPS) is 11.7. The first kappa shape index (κ1) is 56.9. The lowest BCUT2D eigenvalue weighted by molar-refractivity contribution is 0.426. The Morgan fingerprint density at radius 2 is 0.674 bits per heavy atom. The third-order valence-electron chi connectivity index (χ3n) is 17.5. The van der Waals surface area contributed by atoms with E-state index in [1.807, 2.05) is 84.9 Å². The number of imidazole rings is 2. The molecule has 0 aliphatic rings. The molecule has 0 atom stereocenters. The number of oxazole rings is 2. The van der Waals surface area contributed by atoms with Crippen LogP contribution >= 0.6 is 15.9 Å². The molecule has 95 heavy (non-hydrogen) atoms. The topological polar surface area (TPSA) is 163 Å². The zero-order valence-corrected chi connectivity index (χ0v) is 51.3. The van der Waals surface area contributed by atoms with Gasteiger partial charge in [0.2, 0.25) is 23.7 Å². The lowest BCUT2D eigenvalue weighted by Gasteiger charge is -2.12. The lowest BCUT2D eigenvalue weighted by Crippen LogP contribution is -2.29. The number of benzene rings is 12. The fourth-order valence-corrected chi connectivity index (χ4v) is 13.4. The summed E-state index contributed by atoms with van der Waals surface area (Å²) >= 11 is 3.64. The lowest BCUT2D eigenvalue weighted by atomic mass is 9.80. The van der Waals surface area contributed by atoms with Crippen LogP contribution < -0.4 is 5.46 Å². The van der Waals surface area contributed by atoms with Crippen LogP contribution in [0.1, 0.15) is 7.43 Å². The summed E-state index contributed by atoms with van der Waals surface area (Å²) in [6, 6.07) is 93.7. The number of hydrogen-bond donors (Lipinski definition) is 2. The van der Waals surface area contributed by atoms with Crippen molar-refractivity contribution in [2.75, 3.05) is 0 Å². The van der Waals surface area contributed by atoms with Crippen molar-refractivity contribution in [3.05, 3.63) is 284 Å². The number of aromatic nitrogens is 10. The van der Waals surface area contributed by atoms with Crippen molar-refractivity contribution in [2.45, 2.75) is 7.43 Å². The number of para-hydroxylation sites is 12. The molecule has 8 heterocycles. The summed E-state index contributed by atoms with van der Waals surface area (Å²) in [5, 5.41) is 24.8. The zero-order chi connectivity index (χ0) is 62.5. The molecule has 0 saturated carbocycles. The standard InChI is InChI=1S/C39H23N5O.C26H15BrN4.C13H10BNO3.CH4/c1-3-11-30-28(10-1)37-40-31-12-4-7-15-35(31)44(37)39(42-30)43-33-14-6-2-9-27(33)29-23-26(21-22-34(29)43)24-17-19-25(20-18-24)38-41-32-13-5-8-16-36(32)45-38;27-16-13-14-23-19(15-16)17-7-2-5-11-22(17)30(23)26-29-20-9-3-1-8-18(20)25-28-21-10-4-6-12-24(21)31(25)26;16-14(17)10-7-5-9(6-8-10)13-15-11-3-1-2-4-12(11)18-13;/h1-23H;1-15H;1-8,16-17H;1H4. The van der Waals surface area contributed by atoms with E-state index < -0.39 is 7.12 Å². The molecule has 0 aliphatic heterocycles. The van der Waals surface area contributed by atoms with Gasteiger partial charge in [-0.3, -0.25) is 17.9 Å². The smallest absolute Gasteiger partial charge is 0.436 e. The molecule has 16 heteroatoms. The third kappa shape index (κ3) is 9.56.